The Hall–Kier alpha value is -0.810. The van der Waals surface area contributed by atoms with Crippen molar-refractivity contribution in [2.24, 2.45) is 4.99 Å². The fourth-order valence-corrected chi connectivity index (χ4v) is 3.69. The van der Waals surface area contributed by atoms with Gasteiger partial charge < -0.3 is 20.4 Å². The van der Waals surface area contributed by atoms with Gasteiger partial charge in [0.15, 0.2) is 5.96 Å². The Labute approximate surface area is 163 Å². The van der Waals surface area contributed by atoms with E-state index in [2.05, 4.69) is 46.2 Å². The predicted octanol–water partition coefficient (Wildman–Crippen LogP) is 3.32. The molecule has 1 unspecified atom stereocenters. The van der Waals surface area contributed by atoms with E-state index < -0.39 is 0 Å². The van der Waals surface area contributed by atoms with E-state index in [-0.39, 0.29) is 0 Å². The van der Waals surface area contributed by atoms with Gasteiger partial charge >= 0.3 is 0 Å². The van der Waals surface area contributed by atoms with E-state index in [9.17, 15) is 0 Å². The van der Waals surface area contributed by atoms with Crippen LogP contribution < -0.4 is 10.6 Å². The molecule has 0 saturated carbocycles. The summed E-state index contributed by atoms with van der Waals surface area (Å²) in [5.74, 6) is 0.955. The summed E-state index contributed by atoms with van der Waals surface area (Å²) < 4.78 is 0. The third kappa shape index (κ3) is 11.0. The van der Waals surface area contributed by atoms with Crippen molar-refractivity contribution in [3.8, 4) is 0 Å². The molecule has 0 aliphatic carbocycles. The number of likely N-dealkylation sites (tertiary alicyclic amines) is 1. The van der Waals surface area contributed by atoms with Gasteiger partial charge in [0.2, 0.25) is 0 Å². The van der Waals surface area contributed by atoms with E-state index in [1.165, 1.54) is 77.5 Å². The summed E-state index contributed by atoms with van der Waals surface area (Å²) in [6, 6.07) is 0.468. The minimum Gasteiger partial charge on any atom is -0.356 e. The summed E-state index contributed by atoms with van der Waals surface area (Å²) in [6.07, 6.45) is 10.5. The van der Waals surface area contributed by atoms with Crippen LogP contribution in [0.25, 0.3) is 0 Å². The maximum absolute atomic E-state index is 4.37. The van der Waals surface area contributed by atoms with Crippen molar-refractivity contribution in [2.45, 2.75) is 78.2 Å². The first-order chi connectivity index (χ1) is 12.7. The molecule has 0 aromatic carbocycles. The zero-order valence-corrected chi connectivity index (χ0v) is 18.0. The average Bonchev–Trinajstić information content (AvgIpc) is 2.67. The van der Waals surface area contributed by atoms with Crippen molar-refractivity contribution in [3.63, 3.8) is 0 Å². The highest BCUT2D eigenvalue weighted by Crippen LogP contribution is 2.09. The van der Waals surface area contributed by atoms with Crippen LogP contribution in [0.3, 0.4) is 0 Å². The molecule has 5 nitrogen and oxygen atoms in total. The van der Waals surface area contributed by atoms with Crippen LogP contribution in [0.5, 0.6) is 0 Å². The van der Waals surface area contributed by atoms with Crippen LogP contribution in [0.2, 0.25) is 0 Å². The van der Waals surface area contributed by atoms with Crippen molar-refractivity contribution < 1.29 is 0 Å². The Balaban J connectivity index is 2.03. The molecule has 1 atom stereocenters. The van der Waals surface area contributed by atoms with E-state index in [1.807, 2.05) is 7.05 Å². The summed E-state index contributed by atoms with van der Waals surface area (Å²) >= 11 is 0. The maximum Gasteiger partial charge on any atom is 0.191 e. The molecule has 1 aliphatic heterocycles. The van der Waals surface area contributed by atoms with Crippen LogP contribution in [0.4, 0.5) is 0 Å². The summed E-state index contributed by atoms with van der Waals surface area (Å²) in [5, 5.41) is 7.01. The highest BCUT2D eigenvalue weighted by molar-refractivity contribution is 5.79. The molecule has 26 heavy (non-hydrogen) atoms. The zero-order valence-electron chi connectivity index (χ0n) is 18.0. The largest absolute Gasteiger partial charge is 0.356 e. The third-order valence-corrected chi connectivity index (χ3v) is 5.50. The second-order valence-corrected chi connectivity index (χ2v) is 7.68. The standard InChI is InChI=1S/C21H45N5/c1-5-25(6-2)19-13-14-20(3)24-21(22-4)23-15-9-7-10-16-26-17-11-8-12-18-26/h20H,5-19H2,1-4H3,(H2,22,23,24). The van der Waals surface area contributed by atoms with Crippen LogP contribution >= 0.6 is 0 Å². The molecular weight excluding hydrogens is 322 g/mol. The lowest BCUT2D eigenvalue weighted by atomic mass is 10.1. The summed E-state index contributed by atoms with van der Waals surface area (Å²) in [5.41, 5.74) is 0. The SMILES string of the molecule is CCN(CC)CCCC(C)NC(=NC)NCCCCCN1CCCCC1. The zero-order chi connectivity index (χ0) is 19.0. The van der Waals surface area contributed by atoms with Gasteiger partial charge in [-0.3, -0.25) is 4.99 Å². The lowest BCUT2D eigenvalue weighted by Crippen LogP contribution is -2.42. The second kappa shape index (κ2) is 15.3. The van der Waals surface area contributed by atoms with E-state index in [0.29, 0.717) is 6.04 Å². The predicted molar refractivity (Wildman–Crippen MR) is 115 cm³/mol. The van der Waals surface area contributed by atoms with E-state index in [0.717, 1.165) is 25.6 Å². The van der Waals surface area contributed by atoms with Crippen molar-refractivity contribution in [1.82, 2.24) is 20.4 Å². The van der Waals surface area contributed by atoms with Crippen molar-refractivity contribution in [1.29, 1.82) is 0 Å². The van der Waals surface area contributed by atoms with Gasteiger partial charge in [-0.25, -0.2) is 0 Å². The fraction of sp³-hybridized carbons (Fsp3) is 0.952. The quantitative estimate of drug-likeness (QED) is 0.298. The van der Waals surface area contributed by atoms with Crippen molar-refractivity contribution >= 4 is 5.96 Å². The van der Waals surface area contributed by atoms with Gasteiger partial charge in [0.1, 0.15) is 0 Å². The molecule has 0 bridgehead atoms. The first-order valence-electron chi connectivity index (χ1n) is 11.1. The van der Waals surface area contributed by atoms with E-state index >= 15 is 0 Å². The number of hydrogen-bond acceptors (Lipinski definition) is 3. The molecule has 1 rings (SSSR count). The Morgan fingerprint density at radius 2 is 1.77 bits per heavy atom. The van der Waals surface area contributed by atoms with Gasteiger partial charge in [0, 0.05) is 19.6 Å². The maximum atomic E-state index is 4.37. The highest BCUT2D eigenvalue weighted by Gasteiger charge is 2.09. The monoisotopic (exact) mass is 367 g/mol. The number of nitrogens with zero attached hydrogens (tertiary/aromatic N) is 3. The molecule has 1 aliphatic rings. The fourth-order valence-electron chi connectivity index (χ4n) is 3.69. The lowest BCUT2D eigenvalue weighted by Gasteiger charge is -2.26. The number of nitrogens with one attached hydrogen (secondary N) is 2. The Morgan fingerprint density at radius 1 is 1.04 bits per heavy atom. The Bertz CT molecular complexity index is 348. The Kier molecular flexibility index (Phi) is 13.6. The average molecular weight is 368 g/mol. The molecule has 154 valence electrons. The van der Waals surface area contributed by atoms with Crippen LogP contribution in [0, 0.1) is 0 Å². The highest BCUT2D eigenvalue weighted by atomic mass is 15.2. The van der Waals surface area contributed by atoms with Crippen LogP contribution in [0.1, 0.15) is 72.1 Å². The van der Waals surface area contributed by atoms with Gasteiger partial charge in [0.05, 0.1) is 0 Å². The topological polar surface area (TPSA) is 42.9 Å². The van der Waals surface area contributed by atoms with Crippen molar-refractivity contribution in [2.75, 3.05) is 52.9 Å². The molecule has 0 aromatic heterocycles. The molecule has 0 radical (unpaired) electrons. The molecule has 0 amide bonds. The number of aliphatic imine (C=N–C) groups is 1. The van der Waals surface area contributed by atoms with Gasteiger partial charge in [-0.2, -0.15) is 0 Å². The first kappa shape index (κ1) is 23.2. The molecule has 0 spiro atoms. The number of rotatable bonds is 13. The minimum atomic E-state index is 0.468. The number of piperidine rings is 1. The number of unbranched alkanes of at least 4 members (excludes halogenated alkanes) is 2. The number of hydrogen-bond donors (Lipinski definition) is 2. The Morgan fingerprint density at radius 3 is 2.42 bits per heavy atom. The lowest BCUT2D eigenvalue weighted by molar-refractivity contribution is 0.224. The smallest absolute Gasteiger partial charge is 0.191 e. The normalized spacial score (nSPS) is 17.5. The molecule has 0 aromatic rings. The van der Waals surface area contributed by atoms with Crippen LogP contribution in [-0.4, -0.2) is 74.7 Å². The molecule has 5 heteroatoms. The van der Waals surface area contributed by atoms with Gasteiger partial charge in [0.25, 0.3) is 0 Å². The summed E-state index contributed by atoms with van der Waals surface area (Å²) in [4.78, 5) is 9.50. The van der Waals surface area contributed by atoms with Gasteiger partial charge in [-0.05, 0) is 84.7 Å². The molecule has 1 saturated heterocycles. The van der Waals surface area contributed by atoms with Crippen LogP contribution in [-0.2, 0) is 0 Å². The minimum absolute atomic E-state index is 0.468. The number of guanidine groups is 1. The van der Waals surface area contributed by atoms with Crippen molar-refractivity contribution in [3.05, 3.63) is 0 Å². The van der Waals surface area contributed by atoms with Crippen LogP contribution in [0.15, 0.2) is 4.99 Å². The van der Waals surface area contributed by atoms with E-state index in [1.54, 1.807) is 0 Å². The van der Waals surface area contributed by atoms with E-state index in [4.69, 9.17) is 0 Å². The van der Waals surface area contributed by atoms with Gasteiger partial charge in [-0.15, -0.1) is 0 Å². The van der Waals surface area contributed by atoms with Gasteiger partial charge in [-0.1, -0.05) is 26.7 Å². The summed E-state index contributed by atoms with van der Waals surface area (Å²) in [6.45, 7) is 15.2. The third-order valence-electron chi connectivity index (χ3n) is 5.50. The molecule has 1 heterocycles. The molecule has 2 N–H and O–H groups in total. The summed E-state index contributed by atoms with van der Waals surface area (Å²) in [7, 11) is 1.87. The second-order valence-electron chi connectivity index (χ2n) is 7.68. The first-order valence-corrected chi connectivity index (χ1v) is 11.1. The molecule has 1 fully saturated rings. The molecular formula is C21H45N5.